The zero-order chi connectivity index (χ0) is 31.9. The van der Waals surface area contributed by atoms with Gasteiger partial charge in [0.25, 0.3) is 5.56 Å². The predicted molar refractivity (Wildman–Crippen MR) is 153 cm³/mol. The van der Waals surface area contributed by atoms with E-state index >= 15 is 0 Å². The van der Waals surface area contributed by atoms with Gasteiger partial charge in [-0.25, -0.2) is 24.3 Å². The van der Waals surface area contributed by atoms with Gasteiger partial charge in [-0.2, -0.15) is 0 Å². The topological polar surface area (TPSA) is 248 Å². The van der Waals surface area contributed by atoms with Crippen LogP contribution in [0.4, 0.5) is 5.82 Å². The quantitative estimate of drug-likeness (QED) is 0.138. The number of hydrogen-bond donors (Lipinski definition) is 5. The second-order valence-electron chi connectivity index (χ2n) is 10.4. The number of phosphoric acid groups is 1. The normalized spacial score (nSPS) is 28.0. The zero-order valence-electron chi connectivity index (χ0n) is 23.6. The van der Waals surface area contributed by atoms with Crippen molar-refractivity contribution >= 4 is 24.8 Å². The average Bonchev–Trinajstić information content (AvgIpc) is 3.71. The van der Waals surface area contributed by atoms with Gasteiger partial charge in [0.2, 0.25) is 0 Å². The molecule has 18 nitrogen and oxygen atoms in total. The summed E-state index contributed by atoms with van der Waals surface area (Å²) in [5.74, 6) is 0.144. The van der Waals surface area contributed by atoms with E-state index in [1.807, 2.05) is 0 Å². The van der Waals surface area contributed by atoms with E-state index in [1.54, 1.807) is 30.3 Å². The number of methoxy groups -OCH3 is 1. The molecule has 4 aromatic rings. The van der Waals surface area contributed by atoms with Crippen molar-refractivity contribution in [2.75, 3.05) is 26.1 Å². The van der Waals surface area contributed by atoms with E-state index in [-0.39, 0.29) is 17.8 Å². The molecule has 0 aliphatic carbocycles. The van der Waals surface area contributed by atoms with E-state index in [1.165, 1.54) is 30.5 Å². The van der Waals surface area contributed by atoms with Gasteiger partial charge >= 0.3 is 13.5 Å². The molecule has 2 aliphatic rings. The van der Waals surface area contributed by atoms with Gasteiger partial charge < -0.3 is 35.1 Å². The molecule has 1 aromatic carbocycles. The van der Waals surface area contributed by atoms with Crippen LogP contribution in [0.2, 0.25) is 0 Å². The summed E-state index contributed by atoms with van der Waals surface area (Å²) < 4.78 is 43.3. The number of rotatable bonds is 10. The summed E-state index contributed by atoms with van der Waals surface area (Å²) in [4.78, 5) is 50.2. The van der Waals surface area contributed by atoms with Crippen molar-refractivity contribution in [1.82, 2.24) is 29.1 Å². The van der Waals surface area contributed by atoms with Crippen molar-refractivity contribution in [2.24, 2.45) is 0 Å². The number of benzene rings is 1. The molecule has 0 amide bonds. The monoisotopic (exact) mass is 647 g/mol. The fourth-order valence-corrected chi connectivity index (χ4v) is 6.39. The predicted octanol–water partition coefficient (Wildman–Crippen LogP) is -0.319. The Bertz CT molecular complexity index is 1830. The smallest absolute Gasteiger partial charge is 0.394 e. The summed E-state index contributed by atoms with van der Waals surface area (Å²) in [5, 5.41) is 20.8. The second-order valence-corrected chi connectivity index (χ2v) is 11.8. The Morgan fingerprint density at radius 1 is 1.13 bits per heavy atom. The number of ether oxygens (including phenoxy) is 3. The van der Waals surface area contributed by atoms with E-state index < -0.39 is 75.3 Å². The highest BCUT2D eigenvalue weighted by Gasteiger charge is 2.47. The molecule has 5 heterocycles. The van der Waals surface area contributed by atoms with E-state index in [4.69, 9.17) is 29.0 Å². The van der Waals surface area contributed by atoms with Crippen LogP contribution in [0.5, 0.6) is 0 Å². The largest absolute Gasteiger partial charge is 0.472 e. The van der Waals surface area contributed by atoms with Crippen molar-refractivity contribution < 1.29 is 42.9 Å². The Morgan fingerprint density at radius 3 is 2.64 bits per heavy atom. The molecule has 0 radical (unpaired) electrons. The molecular weight excluding hydrogens is 617 g/mol. The van der Waals surface area contributed by atoms with E-state index in [0.29, 0.717) is 16.7 Å². The number of aromatic amines is 1. The molecule has 0 saturated carbocycles. The molecule has 6 N–H and O–H groups in total. The lowest BCUT2D eigenvalue weighted by Crippen LogP contribution is -2.35. The van der Waals surface area contributed by atoms with Gasteiger partial charge in [-0.05, 0) is 5.56 Å². The third-order valence-corrected chi connectivity index (χ3v) is 8.65. The Hall–Kier alpha value is -3.84. The minimum Gasteiger partial charge on any atom is -0.394 e. The molecule has 6 rings (SSSR count). The van der Waals surface area contributed by atoms with Crippen LogP contribution in [0, 0.1) is 0 Å². The van der Waals surface area contributed by atoms with Crippen LogP contribution in [0.1, 0.15) is 18.9 Å². The number of nitrogens with one attached hydrogen (secondary N) is 1. The van der Waals surface area contributed by atoms with Crippen LogP contribution in [0.15, 0.2) is 58.8 Å². The van der Waals surface area contributed by atoms with E-state index in [2.05, 4.69) is 19.9 Å². The molecule has 19 heteroatoms. The lowest BCUT2D eigenvalue weighted by atomic mass is 10.1. The van der Waals surface area contributed by atoms with Gasteiger partial charge in [-0.1, -0.05) is 30.3 Å². The molecular formula is C26H30N7O11P. The maximum Gasteiger partial charge on any atom is 0.472 e. The molecule has 0 spiro atoms. The van der Waals surface area contributed by atoms with Crippen molar-refractivity contribution in [2.45, 2.75) is 49.4 Å². The molecule has 45 heavy (non-hydrogen) atoms. The number of anilines is 1. The summed E-state index contributed by atoms with van der Waals surface area (Å²) in [5.41, 5.74) is 5.87. The molecule has 240 valence electrons. The molecule has 2 fully saturated rings. The third kappa shape index (κ3) is 6.07. The fraction of sp³-hybridized carbons (Fsp3) is 0.423. The molecule has 0 bridgehead atoms. The summed E-state index contributed by atoms with van der Waals surface area (Å²) in [6.07, 6.45) is -3.87. The minimum atomic E-state index is -4.84. The zero-order valence-corrected chi connectivity index (χ0v) is 24.5. The summed E-state index contributed by atoms with van der Waals surface area (Å²) in [6, 6.07) is 8.63. The molecule has 2 saturated heterocycles. The number of aliphatic hydroxyl groups excluding tert-OH is 2. The number of nitrogens with two attached hydrogens (primary N) is 1. The SMILES string of the molecule is COC1C(O)[C@@H](COP(=O)(O)OC2C[C@H](n3cc(-c4ccccc4)c(=O)[nH]c3=O)O[C@@H]2CO)O[C@H]1n1cnc2c(N)ncnc21. The highest BCUT2D eigenvalue weighted by molar-refractivity contribution is 7.47. The van der Waals surface area contributed by atoms with Crippen molar-refractivity contribution in [3.63, 3.8) is 0 Å². The first kappa shape index (κ1) is 31.2. The summed E-state index contributed by atoms with van der Waals surface area (Å²) >= 11 is 0. The van der Waals surface area contributed by atoms with Crippen LogP contribution >= 0.6 is 7.82 Å². The first-order valence-corrected chi connectivity index (χ1v) is 15.2. The van der Waals surface area contributed by atoms with Crippen LogP contribution in [-0.2, 0) is 27.8 Å². The van der Waals surface area contributed by atoms with Crippen molar-refractivity contribution in [3.8, 4) is 11.1 Å². The standard InChI is InChI=1S/C26H30N7O11P/c1-40-21-20(35)17(43-25(21)33-12-30-19-22(27)28-11-29-23(19)33)10-41-45(38,39)44-15-7-18(42-16(15)9-34)32-8-14(24(36)31-26(32)37)13-5-3-2-4-6-13/h2-6,8,11-12,15-18,20-21,25,34-35H,7,9-10H2,1H3,(H,38,39)(H2,27,28,29)(H,31,36,37)/t15?,16-,17-,18-,20?,21?,25-/m1/s1. The van der Waals surface area contributed by atoms with Crippen molar-refractivity contribution in [3.05, 3.63) is 70.0 Å². The Kier molecular flexibility index (Phi) is 8.66. The number of nitrogens with zero attached hydrogens (tertiary/aromatic N) is 5. The maximum absolute atomic E-state index is 13.0. The Morgan fingerprint density at radius 2 is 1.91 bits per heavy atom. The number of hydrogen-bond acceptors (Lipinski definition) is 14. The third-order valence-electron chi connectivity index (χ3n) is 7.64. The van der Waals surface area contributed by atoms with Gasteiger partial charge in [-0.3, -0.25) is 28.0 Å². The lowest BCUT2D eigenvalue weighted by Gasteiger charge is -2.21. The van der Waals surface area contributed by atoms with E-state index in [0.717, 1.165) is 4.57 Å². The van der Waals surface area contributed by atoms with Crippen molar-refractivity contribution in [1.29, 1.82) is 0 Å². The van der Waals surface area contributed by atoms with Gasteiger partial charge in [0, 0.05) is 19.7 Å². The Balaban J connectivity index is 1.14. The number of phosphoric ester groups is 1. The lowest BCUT2D eigenvalue weighted by molar-refractivity contribution is -0.0627. The molecule has 4 unspecified atom stereocenters. The molecule has 8 atom stereocenters. The maximum atomic E-state index is 13.0. The first-order valence-electron chi connectivity index (χ1n) is 13.7. The number of nitrogen functional groups attached to an aromatic ring is 1. The molecule has 3 aromatic heterocycles. The van der Waals surface area contributed by atoms with Crippen LogP contribution in [-0.4, -0.2) is 95.0 Å². The van der Waals surface area contributed by atoms with Gasteiger partial charge in [-0.15, -0.1) is 0 Å². The number of fused-ring (bicyclic) bond motifs is 1. The fourth-order valence-electron chi connectivity index (χ4n) is 5.43. The number of aliphatic hydroxyl groups is 2. The summed E-state index contributed by atoms with van der Waals surface area (Å²) in [6.45, 7) is -1.20. The average molecular weight is 648 g/mol. The van der Waals surface area contributed by atoms with Crippen LogP contribution in [0.3, 0.4) is 0 Å². The van der Waals surface area contributed by atoms with Gasteiger partial charge in [0.05, 0.1) is 25.1 Å². The first-order chi connectivity index (χ1) is 21.6. The number of imidazole rings is 1. The second kappa shape index (κ2) is 12.5. The Labute approximate surface area is 253 Å². The van der Waals surface area contributed by atoms with E-state index in [9.17, 15) is 29.3 Å². The minimum absolute atomic E-state index is 0.144. The number of H-pyrrole nitrogens is 1. The highest BCUT2D eigenvalue weighted by Crippen LogP contribution is 2.49. The highest BCUT2D eigenvalue weighted by atomic mass is 31.2. The van der Waals surface area contributed by atoms with Crippen LogP contribution < -0.4 is 17.0 Å². The molecule has 2 aliphatic heterocycles. The van der Waals surface area contributed by atoms with Gasteiger partial charge in [0.15, 0.2) is 17.7 Å². The summed E-state index contributed by atoms with van der Waals surface area (Å²) in [7, 11) is -3.49. The number of aromatic nitrogens is 6. The van der Waals surface area contributed by atoms with Gasteiger partial charge in [0.1, 0.15) is 48.6 Å². The van der Waals surface area contributed by atoms with Crippen LogP contribution in [0.25, 0.3) is 22.3 Å².